The average molecular weight is 271 g/mol. The van der Waals surface area contributed by atoms with Crippen LogP contribution in [-0.2, 0) is 0 Å². The second-order valence-corrected chi connectivity index (χ2v) is 5.60. The Morgan fingerprint density at radius 2 is 2.25 bits per heavy atom. The van der Waals surface area contributed by atoms with Gasteiger partial charge in [-0.25, -0.2) is 4.98 Å². The molecule has 0 radical (unpaired) electrons. The van der Waals surface area contributed by atoms with Crippen LogP contribution in [0.1, 0.15) is 59.8 Å². The van der Waals surface area contributed by atoms with Crippen molar-refractivity contribution in [3.8, 4) is 0 Å². The Balaban J connectivity index is 1.57. The highest BCUT2D eigenvalue weighted by atomic mass is 16.2. The number of hydrogen-bond donors (Lipinski definition) is 2. The van der Waals surface area contributed by atoms with Gasteiger partial charge in [0.2, 0.25) is 5.82 Å². The van der Waals surface area contributed by atoms with E-state index in [0.717, 1.165) is 43.7 Å². The lowest BCUT2D eigenvalue weighted by molar-refractivity contribution is 0.0721. The number of hydrogen-bond acceptors (Lipinski definition) is 3. The van der Waals surface area contributed by atoms with Crippen molar-refractivity contribution in [3.05, 3.63) is 35.7 Å². The monoisotopic (exact) mass is 271 g/mol. The topological polar surface area (TPSA) is 77.7 Å². The summed E-state index contributed by atoms with van der Waals surface area (Å²) in [5, 5.41) is 7.01. The van der Waals surface area contributed by atoms with Crippen molar-refractivity contribution in [1.29, 1.82) is 0 Å². The molecule has 1 saturated carbocycles. The summed E-state index contributed by atoms with van der Waals surface area (Å²) >= 11 is 0. The van der Waals surface area contributed by atoms with Gasteiger partial charge in [0.25, 0.3) is 5.91 Å². The zero-order valence-corrected chi connectivity index (χ0v) is 11.2. The molecule has 6 nitrogen and oxygen atoms in total. The molecular formula is C14H17N5O. The van der Waals surface area contributed by atoms with Crippen LogP contribution in [0.25, 0.3) is 0 Å². The van der Waals surface area contributed by atoms with Crippen LogP contribution in [0.4, 0.5) is 0 Å². The second kappa shape index (κ2) is 4.47. The van der Waals surface area contributed by atoms with E-state index in [2.05, 4.69) is 20.2 Å². The van der Waals surface area contributed by atoms with Crippen molar-refractivity contribution in [2.24, 2.45) is 0 Å². The molecule has 6 heteroatoms. The first-order chi connectivity index (χ1) is 9.83. The summed E-state index contributed by atoms with van der Waals surface area (Å²) in [4.78, 5) is 22.0. The van der Waals surface area contributed by atoms with E-state index in [-0.39, 0.29) is 11.9 Å². The minimum absolute atomic E-state index is 0.0646. The Morgan fingerprint density at radius 1 is 1.35 bits per heavy atom. The van der Waals surface area contributed by atoms with Gasteiger partial charge in [-0.1, -0.05) is 0 Å². The molecule has 1 aliphatic carbocycles. The van der Waals surface area contributed by atoms with Crippen LogP contribution < -0.4 is 0 Å². The number of amides is 1. The number of aromatic nitrogens is 4. The summed E-state index contributed by atoms with van der Waals surface area (Å²) in [5.74, 6) is 1.60. The zero-order chi connectivity index (χ0) is 13.5. The molecule has 1 amide bonds. The maximum atomic E-state index is 12.6. The molecule has 1 atom stereocenters. The number of carbonyl (C=O) groups excluding carboxylic acids is 1. The van der Waals surface area contributed by atoms with Crippen molar-refractivity contribution < 1.29 is 4.79 Å². The molecule has 2 aromatic rings. The van der Waals surface area contributed by atoms with E-state index in [1.54, 1.807) is 0 Å². The number of nitrogens with zero attached hydrogens (tertiary/aromatic N) is 3. The predicted molar refractivity (Wildman–Crippen MR) is 72.2 cm³/mol. The maximum Gasteiger partial charge on any atom is 0.294 e. The fourth-order valence-electron chi connectivity index (χ4n) is 2.92. The van der Waals surface area contributed by atoms with E-state index in [1.165, 1.54) is 0 Å². The Kier molecular flexibility index (Phi) is 2.61. The summed E-state index contributed by atoms with van der Waals surface area (Å²) in [5.41, 5.74) is 1.09. The molecule has 2 fully saturated rings. The second-order valence-electron chi connectivity index (χ2n) is 5.60. The van der Waals surface area contributed by atoms with Gasteiger partial charge >= 0.3 is 0 Å². The van der Waals surface area contributed by atoms with Crippen molar-refractivity contribution in [3.63, 3.8) is 0 Å². The van der Waals surface area contributed by atoms with E-state index >= 15 is 0 Å². The smallest absolute Gasteiger partial charge is 0.294 e. The lowest BCUT2D eigenvalue weighted by atomic mass is 10.1. The summed E-state index contributed by atoms with van der Waals surface area (Å²) in [6.45, 7) is 0.774. The zero-order valence-electron chi connectivity index (χ0n) is 11.2. The van der Waals surface area contributed by atoms with Crippen LogP contribution in [0.5, 0.6) is 0 Å². The van der Waals surface area contributed by atoms with Crippen LogP contribution in [0, 0.1) is 0 Å². The molecule has 0 aromatic carbocycles. The summed E-state index contributed by atoms with van der Waals surface area (Å²) in [6.07, 6.45) is 6.21. The summed E-state index contributed by atoms with van der Waals surface area (Å²) in [7, 11) is 0. The summed E-state index contributed by atoms with van der Waals surface area (Å²) < 4.78 is 0. The van der Waals surface area contributed by atoms with Crippen molar-refractivity contribution in [2.75, 3.05) is 6.54 Å². The van der Waals surface area contributed by atoms with Gasteiger partial charge in [0, 0.05) is 24.4 Å². The third-order valence-electron chi connectivity index (χ3n) is 4.15. The summed E-state index contributed by atoms with van der Waals surface area (Å²) in [6, 6.07) is 4.12. The van der Waals surface area contributed by atoms with Crippen molar-refractivity contribution in [1.82, 2.24) is 25.1 Å². The van der Waals surface area contributed by atoms with Gasteiger partial charge in [0.05, 0.1) is 6.04 Å². The number of H-pyrrole nitrogens is 2. The number of aromatic amines is 2. The number of rotatable bonds is 3. The van der Waals surface area contributed by atoms with Gasteiger partial charge in [0.1, 0.15) is 5.82 Å². The fraction of sp³-hybridized carbons (Fsp3) is 0.500. The molecule has 2 aromatic heterocycles. The average Bonchev–Trinajstić information content (AvgIpc) is 2.96. The van der Waals surface area contributed by atoms with Crippen molar-refractivity contribution >= 4 is 5.91 Å². The van der Waals surface area contributed by atoms with E-state index in [1.807, 2.05) is 23.2 Å². The third kappa shape index (κ3) is 1.92. The maximum absolute atomic E-state index is 12.6. The predicted octanol–water partition coefficient (Wildman–Crippen LogP) is 1.99. The molecule has 0 bridgehead atoms. The first-order valence-electron chi connectivity index (χ1n) is 7.19. The lowest BCUT2D eigenvalue weighted by Crippen LogP contribution is -2.31. The first-order valence-corrected chi connectivity index (χ1v) is 7.19. The molecule has 0 spiro atoms. The van der Waals surface area contributed by atoms with E-state index in [4.69, 9.17) is 0 Å². The van der Waals surface area contributed by atoms with Gasteiger partial charge < -0.3 is 9.88 Å². The largest absolute Gasteiger partial charge is 0.363 e. The highest BCUT2D eigenvalue weighted by molar-refractivity contribution is 5.90. The van der Waals surface area contributed by atoms with Gasteiger partial charge in [-0.3, -0.25) is 9.89 Å². The van der Waals surface area contributed by atoms with Gasteiger partial charge in [0.15, 0.2) is 0 Å². The molecule has 2 aliphatic rings. The van der Waals surface area contributed by atoms with E-state index in [0.29, 0.717) is 11.7 Å². The Labute approximate surface area is 116 Å². The highest BCUT2D eigenvalue weighted by Crippen LogP contribution is 2.38. The van der Waals surface area contributed by atoms with Crippen LogP contribution in [0.3, 0.4) is 0 Å². The minimum atomic E-state index is -0.0646. The molecule has 1 saturated heterocycles. The minimum Gasteiger partial charge on any atom is -0.363 e. The molecule has 3 heterocycles. The highest BCUT2D eigenvalue weighted by Gasteiger charge is 2.34. The molecule has 1 unspecified atom stereocenters. The SMILES string of the molecule is O=C(c1n[nH]c(C2CC2)n1)N1CCCC1c1ccc[nH]1. The fourth-order valence-corrected chi connectivity index (χ4v) is 2.92. The van der Waals surface area contributed by atoms with Gasteiger partial charge in [-0.05, 0) is 37.8 Å². The molecule has 1 aliphatic heterocycles. The number of likely N-dealkylation sites (tertiary alicyclic amines) is 1. The quantitative estimate of drug-likeness (QED) is 0.896. The van der Waals surface area contributed by atoms with Gasteiger partial charge in [-0.15, -0.1) is 5.10 Å². The third-order valence-corrected chi connectivity index (χ3v) is 4.15. The van der Waals surface area contributed by atoms with Crippen LogP contribution >= 0.6 is 0 Å². The van der Waals surface area contributed by atoms with E-state index in [9.17, 15) is 4.79 Å². The van der Waals surface area contributed by atoms with Crippen LogP contribution in [-0.4, -0.2) is 37.5 Å². The standard InChI is InChI=1S/C14H17N5O/c20-14(13-16-12(17-18-13)9-5-6-9)19-8-2-4-11(19)10-3-1-7-15-10/h1,3,7,9,11,15H,2,4-6,8H2,(H,16,17,18). The van der Waals surface area contributed by atoms with Crippen molar-refractivity contribution in [2.45, 2.75) is 37.6 Å². The molecule has 2 N–H and O–H groups in total. The van der Waals surface area contributed by atoms with Crippen LogP contribution in [0.2, 0.25) is 0 Å². The number of nitrogens with one attached hydrogen (secondary N) is 2. The molecular weight excluding hydrogens is 254 g/mol. The normalized spacial score (nSPS) is 22.4. The Bertz CT molecular complexity index is 613. The first kappa shape index (κ1) is 11.7. The lowest BCUT2D eigenvalue weighted by Gasteiger charge is -2.22. The molecule has 104 valence electrons. The Hall–Kier alpha value is -2.11. The van der Waals surface area contributed by atoms with E-state index < -0.39 is 0 Å². The van der Waals surface area contributed by atoms with Gasteiger partial charge in [-0.2, -0.15) is 0 Å². The molecule has 20 heavy (non-hydrogen) atoms. The molecule has 4 rings (SSSR count). The Morgan fingerprint density at radius 3 is 3.00 bits per heavy atom. The van der Waals surface area contributed by atoms with Crippen LogP contribution in [0.15, 0.2) is 18.3 Å². The number of carbonyl (C=O) groups is 1.